The van der Waals surface area contributed by atoms with E-state index in [1.54, 1.807) is 0 Å². The number of carbonyl (C=O) groups is 1. The molecule has 0 unspecified atom stereocenters. The lowest BCUT2D eigenvalue weighted by Crippen LogP contribution is -2.32. The summed E-state index contributed by atoms with van der Waals surface area (Å²) in [6.45, 7) is 12.0. The van der Waals surface area contributed by atoms with Gasteiger partial charge >= 0.3 is 0 Å². The number of hydrogen-bond donors (Lipinski definition) is 1. The highest BCUT2D eigenvalue weighted by molar-refractivity contribution is 5.93. The number of aromatic nitrogens is 3. The highest BCUT2D eigenvalue weighted by atomic mass is 16.5. The number of carbonyl (C=O) groups excluding carboxylic acids is 1. The third kappa shape index (κ3) is 5.05. The molecule has 2 aromatic heterocycles. The van der Waals surface area contributed by atoms with Crippen molar-refractivity contribution in [3.8, 4) is 0 Å². The molecule has 1 amide bonds. The Morgan fingerprint density at radius 1 is 1.16 bits per heavy atom. The van der Waals surface area contributed by atoms with Crippen LogP contribution in [0.2, 0.25) is 0 Å². The lowest BCUT2D eigenvalue weighted by molar-refractivity contribution is 0.0937. The quantitative estimate of drug-likeness (QED) is 0.633. The summed E-state index contributed by atoms with van der Waals surface area (Å²) in [5, 5.41) is 11.6. The molecule has 0 bridgehead atoms. The van der Waals surface area contributed by atoms with E-state index in [1.165, 1.54) is 11.1 Å². The van der Waals surface area contributed by atoms with E-state index >= 15 is 0 Å². The Kier molecular flexibility index (Phi) is 6.23. The van der Waals surface area contributed by atoms with Crippen LogP contribution in [-0.2, 0) is 13.1 Å². The average molecular weight is 422 g/mol. The van der Waals surface area contributed by atoms with E-state index in [4.69, 9.17) is 4.52 Å². The van der Waals surface area contributed by atoms with Crippen LogP contribution in [-0.4, -0.2) is 45.4 Å². The fraction of sp³-hybridized carbons (Fsp3) is 0.458. The Morgan fingerprint density at radius 3 is 2.65 bits per heavy atom. The highest BCUT2D eigenvalue weighted by Crippen LogP contribution is 2.20. The molecule has 0 radical (unpaired) electrons. The van der Waals surface area contributed by atoms with Gasteiger partial charge in [-0.25, -0.2) is 0 Å². The van der Waals surface area contributed by atoms with Crippen LogP contribution < -0.4 is 5.32 Å². The standard InChI is InChI=1S/C24H31N5O2/c1-16-5-7-20(8-6-16)13-28-10-9-21(14-28)12-25-24(30)23-22(19(4)31-27-23)15-29-18(3)11-17(2)26-29/h5-8,11,21H,9-10,12-15H2,1-4H3,(H,25,30)/t21-/m0/s1. The summed E-state index contributed by atoms with van der Waals surface area (Å²) in [5.74, 6) is 0.926. The molecular weight excluding hydrogens is 390 g/mol. The van der Waals surface area contributed by atoms with Crippen LogP contribution >= 0.6 is 0 Å². The van der Waals surface area contributed by atoms with Crippen molar-refractivity contribution in [1.29, 1.82) is 0 Å². The second-order valence-corrected chi connectivity index (χ2v) is 8.74. The van der Waals surface area contributed by atoms with Crippen molar-refractivity contribution in [2.75, 3.05) is 19.6 Å². The maximum atomic E-state index is 12.8. The smallest absolute Gasteiger partial charge is 0.273 e. The molecule has 0 aliphatic carbocycles. The Morgan fingerprint density at radius 2 is 1.94 bits per heavy atom. The molecular formula is C24H31N5O2. The molecule has 4 rings (SSSR count). The molecule has 0 saturated carbocycles. The molecule has 7 nitrogen and oxygen atoms in total. The van der Waals surface area contributed by atoms with Gasteiger partial charge in [0, 0.05) is 30.9 Å². The van der Waals surface area contributed by atoms with Crippen LogP contribution in [0.1, 0.15) is 50.7 Å². The summed E-state index contributed by atoms with van der Waals surface area (Å²) in [4.78, 5) is 15.3. The van der Waals surface area contributed by atoms with Crippen molar-refractivity contribution in [3.63, 3.8) is 0 Å². The summed E-state index contributed by atoms with van der Waals surface area (Å²) in [5.41, 5.74) is 5.77. The average Bonchev–Trinajstić information content (AvgIpc) is 3.42. The minimum Gasteiger partial charge on any atom is -0.361 e. The van der Waals surface area contributed by atoms with Crippen molar-refractivity contribution >= 4 is 5.91 Å². The molecule has 1 N–H and O–H groups in total. The van der Waals surface area contributed by atoms with Gasteiger partial charge in [-0.15, -0.1) is 0 Å². The molecule has 1 fully saturated rings. The summed E-state index contributed by atoms with van der Waals surface area (Å²) in [6.07, 6.45) is 1.09. The van der Waals surface area contributed by atoms with Crippen LogP contribution in [0.4, 0.5) is 0 Å². The number of hydrogen-bond acceptors (Lipinski definition) is 5. The lowest BCUT2D eigenvalue weighted by atomic mass is 10.1. The van der Waals surface area contributed by atoms with Crippen LogP contribution in [0.15, 0.2) is 34.9 Å². The summed E-state index contributed by atoms with van der Waals surface area (Å²) in [6, 6.07) is 10.7. The number of nitrogens with zero attached hydrogens (tertiary/aromatic N) is 4. The zero-order valence-electron chi connectivity index (χ0n) is 18.8. The summed E-state index contributed by atoms with van der Waals surface area (Å²) >= 11 is 0. The first-order chi connectivity index (χ1) is 14.9. The van der Waals surface area contributed by atoms with Gasteiger partial charge in [-0.2, -0.15) is 5.10 Å². The number of rotatable bonds is 7. The fourth-order valence-corrected chi connectivity index (χ4v) is 4.24. The van der Waals surface area contributed by atoms with Gasteiger partial charge in [-0.05, 0) is 58.2 Å². The summed E-state index contributed by atoms with van der Waals surface area (Å²) in [7, 11) is 0. The van der Waals surface area contributed by atoms with Gasteiger partial charge in [0.2, 0.25) is 0 Å². The lowest BCUT2D eigenvalue weighted by Gasteiger charge is -2.16. The largest absolute Gasteiger partial charge is 0.361 e. The first-order valence-electron chi connectivity index (χ1n) is 10.9. The van der Waals surface area contributed by atoms with E-state index < -0.39 is 0 Å². The number of aryl methyl sites for hydroxylation is 4. The highest BCUT2D eigenvalue weighted by Gasteiger charge is 2.25. The third-order valence-corrected chi connectivity index (χ3v) is 6.06. The molecule has 1 aliphatic rings. The second-order valence-electron chi connectivity index (χ2n) is 8.74. The molecule has 1 saturated heterocycles. The van der Waals surface area contributed by atoms with E-state index in [1.807, 2.05) is 31.5 Å². The van der Waals surface area contributed by atoms with Crippen LogP contribution in [0.25, 0.3) is 0 Å². The topological polar surface area (TPSA) is 76.2 Å². The Hall–Kier alpha value is -2.93. The minimum atomic E-state index is -0.176. The van der Waals surface area contributed by atoms with Gasteiger partial charge < -0.3 is 9.84 Å². The van der Waals surface area contributed by atoms with Crippen molar-refractivity contribution in [1.82, 2.24) is 25.2 Å². The predicted molar refractivity (Wildman–Crippen MR) is 119 cm³/mol. The van der Waals surface area contributed by atoms with E-state index in [0.717, 1.165) is 43.0 Å². The Bertz CT molecular complexity index is 1050. The molecule has 164 valence electrons. The van der Waals surface area contributed by atoms with E-state index in [2.05, 4.69) is 51.7 Å². The number of likely N-dealkylation sites (tertiary alicyclic amines) is 1. The van der Waals surface area contributed by atoms with E-state index in [9.17, 15) is 4.79 Å². The molecule has 3 aromatic rings. The number of amides is 1. The van der Waals surface area contributed by atoms with Gasteiger partial charge in [0.05, 0.1) is 12.2 Å². The predicted octanol–water partition coefficient (Wildman–Crippen LogP) is 3.40. The van der Waals surface area contributed by atoms with Crippen molar-refractivity contribution < 1.29 is 9.32 Å². The molecule has 7 heteroatoms. The Balaban J connectivity index is 1.32. The van der Waals surface area contributed by atoms with Gasteiger partial charge in [-0.1, -0.05) is 35.0 Å². The third-order valence-electron chi connectivity index (χ3n) is 6.06. The number of nitrogens with one attached hydrogen (secondary N) is 1. The number of benzene rings is 1. The minimum absolute atomic E-state index is 0.176. The molecule has 0 spiro atoms. The van der Waals surface area contributed by atoms with Gasteiger partial charge in [0.1, 0.15) is 5.76 Å². The normalized spacial score (nSPS) is 16.7. The molecule has 1 aromatic carbocycles. The fourth-order valence-electron chi connectivity index (χ4n) is 4.24. The van der Waals surface area contributed by atoms with Crippen molar-refractivity contribution in [2.24, 2.45) is 5.92 Å². The van der Waals surface area contributed by atoms with Gasteiger partial charge in [0.15, 0.2) is 5.69 Å². The zero-order valence-corrected chi connectivity index (χ0v) is 18.8. The second kappa shape index (κ2) is 9.06. The van der Waals surface area contributed by atoms with Crippen LogP contribution in [0.3, 0.4) is 0 Å². The van der Waals surface area contributed by atoms with Gasteiger partial charge in [0.25, 0.3) is 5.91 Å². The van der Waals surface area contributed by atoms with Crippen molar-refractivity contribution in [2.45, 2.75) is 47.2 Å². The maximum absolute atomic E-state index is 12.8. The first-order valence-corrected chi connectivity index (χ1v) is 10.9. The van der Waals surface area contributed by atoms with Crippen LogP contribution in [0.5, 0.6) is 0 Å². The molecule has 1 atom stereocenters. The molecule has 3 heterocycles. The van der Waals surface area contributed by atoms with E-state index in [0.29, 0.717) is 30.5 Å². The molecule has 1 aliphatic heterocycles. The zero-order chi connectivity index (χ0) is 22.0. The van der Waals surface area contributed by atoms with Crippen molar-refractivity contribution in [3.05, 3.63) is 69.9 Å². The summed E-state index contributed by atoms with van der Waals surface area (Å²) < 4.78 is 7.22. The Labute approximate surface area is 183 Å². The molecule has 31 heavy (non-hydrogen) atoms. The SMILES string of the molecule is Cc1ccc(CN2CC[C@@H](CNC(=O)c3noc(C)c3Cn3nc(C)cc3C)C2)cc1. The maximum Gasteiger partial charge on any atom is 0.273 e. The van der Waals surface area contributed by atoms with E-state index in [-0.39, 0.29) is 5.91 Å². The monoisotopic (exact) mass is 421 g/mol. The first kappa shape index (κ1) is 21.3. The van der Waals surface area contributed by atoms with Gasteiger partial charge in [-0.3, -0.25) is 14.4 Å². The van der Waals surface area contributed by atoms with Crippen LogP contribution in [0, 0.1) is 33.6 Å².